The molecule has 0 saturated carbocycles. The van der Waals surface area contributed by atoms with Crippen molar-refractivity contribution in [1.29, 1.82) is 0 Å². The summed E-state index contributed by atoms with van der Waals surface area (Å²) < 4.78 is 0. The molecule has 168 valence electrons. The van der Waals surface area contributed by atoms with Crippen LogP contribution in [0, 0.1) is 5.92 Å². The van der Waals surface area contributed by atoms with E-state index in [0.29, 0.717) is 10.6 Å². The fraction of sp³-hybridized carbons (Fsp3) is 0.192. The first-order valence-corrected chi connectivity index (χ1v) is 11.0. The fourth-order valence-electron chi connectivity index (χ4n) is 3.95. The van der Waals surface area contributed by atoms with Crippen molar-refractivity contribution in [3.8, 4) is 11.1 Å². The number of carbonyl (C=O) groups is 3. The van der Waals surface area contributed by atoms with Crippen LogP contribution in [0.3, 0.4) is 0 Å². The lowest BCUT2D eigenvalue weighted by molar-refractivity contribution is -0.136. The van der Waals surface area contributed by atoms with Crippen LogP contribution < -0.4 is 15.5 Å². The Morgan fingerprint density at radius 3 is 2.42 bits per heavy atom. The Morgan fingerprint density at radius 2 is 1.67 bits per heavy atom. The van der Waals surface area contributed by atoms with E-state index in [2.05, 4.69) is 10.6 Å². The average Bonchev–Trinajstić information content (AvgIpc) is 2.92. The number of hydrogen-bond donors (Lipinski definition) is 2. The predicted molar refractivity (Wildman–Crippen MR) is 129 cm³/mol. The number of fused-ring (bicyclic) bond motifs is 3. The van der Waals surface area contributed by atoms with Crippen LogP contribution in [0.4, 0.5) is 5.69 Å². The number of likely N-dealkylation sites (N-methyl/N-ethyl adjacent to an activating group) is 1. The quantitative estimate of drug-likeness (QED) is 0.562. The summed E-state index contributed by atoms with van der Waals surface area (Å²) in [5.41, 5.74) is 4.07. The highest BCUT2D eigenvalue weighted by Gasteiger charge is 2.34. The van der Waals surface area contributed by atoms with Crippen LogP contribution in [0.5, 0.6) is 0 Å². The number of amides is 3. The standard InChI is InChI=1S/C26H24ClN3O3/c1-16(24(31)28-15-17-8-7-9-18(27)14-17)25(32)29-23-21-12-4-3-10-19(21)20-11-5-6-13-22(20)30(2)26(23)33/h3-14,16,23H,15H2,1-2H3,(H,28,31)(H,29,32). The maximum Gasteiger partial charge on any atom is 0.253 e. The Bertz CT molecular complexity index is 1230. The summed E-state index contributed by atoms with van der Waals surface area (Å²) >= 11 is 5.98. The maximum atomic E-state index is 13.3. The van der Waals surface area contributed by atoms with Crippen LogP contribution in [-0.4, -0.2) is 24.8 Å². The third-order valence-corrected chi connectivity index (χ3v) is 6.07. The Morgan fingerprint density at radius 1 is 0.970 bits per heavy atom. The van der Waals surface area contributed by atoms with Gasteiger partial charge in [-0.05, 0) is 41.8 Å². The number of nitrogens with one attached hydrogen (secondary N) is 2. The highest BCUT2D eigenvalue weighted by Crippen LogP contribution is 2.39. The second kappa shape index (κ2) is 9.46. The number of benzene rings is 3. The number of para-hydroxylation sites is 1. The van der Waals surface area contributed by atoms with Gasteiger partial charge in [0.25, 0.3) is 5.91 Å². The first-order valence-electron chi connectivity index (χ1n) is 10.6. The normalized spacial score (nSPS) is 15.7. The molecule has 0 spiro atoms. The molecule has 3 aromatic rings. The van der Waals surface area contributed by atoms with E-state index < -0.39 is 23.8 Å². The molecule has 3 amide bonds. The molecule has 1 aliphatic heterocycles. The van der Waals surface area contributed by atoms with Crippen molar-refractivity contribution >= 4 is 35.0 Å². The van der Waals surface area contributed by atoms with Gasteiger partial charge in [-0.15, -0.1) is 0 Å². The Kier molecular flexibility index (Phi) is 6.47. The van der Waals surface area contributed by atoms with Gasteiger partial charge in [0.15, 0.2) is 0 Å². The topological polar surface area (TPSA) is 78.5 Å². The van der Waals surface area contributed by atoms with Crippen molar-refractivity contribution < 1.29 is 14.4 Å². The van der Waals surface area contributed by atoms with Gasteiger partial charge in [0, 0.05) is 24.2 Å². The summed E-state index contributed by atoms with van der Waals surface area (Å²) in [6.45, 7) is 1.77. The number of anilines is 1. The predicted octanol–water partition coefficient (Wildman–Crippen LogP) is 4.09. The molecular weight excluding hydrogens is 438 g/mol. The van der Waals surface area contributed by atoms with Crippen LogP contribution in [0.15, 0.2) is 72.8 Å². The van der Waals surface area contributed by atoms with Gasteiger partial charge in [0.2, 0.25) is 11.8 Å². The molecule has 0 bridgehead atoms. The number of halogens is 1. The van der Waals surface area contributed by atoms with Gasteiger partial charge >= 0.3 is 0 Å². The van der Waals surface area contributed by atoms with Crippen LogP contribution >= 0.6 is 11.6 Å². The van der Waals surface area contributed by atoms with Gasteiger partial charge in [0.1, 0.15) is 12.0 Å². The molecule has 3 aromatic carbocycles. The van der Waals surface area contributed by atoms with E-state index in [1.807, 2.05) is 54.6 Å². The monoisotopic (exact) mass is 461 g/mol. The highest BCUT2D eigenvalue weighted by molar-refractivity contribution is 6.30. The van der Waals surface area contributed by atoms with E-state index in [0.717, 1.165) is 22.4 Å². The van der Waals surface area contributed by atoms with Gasteiger partial charge in [-0.25, -0.2) is 0 Å². The summed E-state index contributed by atoms with van der Waals surface area (Å²) in [6, 6.07) is 21.3. The largest absolute Gasteiger partial charge is 0.351 e. The molecule has 0 aliphatic carbocycles. The van der Waals surface area contributed by atoms with Crippen molar-refractivity contribution in [2.45, 2.75) is 19.5 Å². The Labute approximate surface area is 197 Å². The molecule has 2 unspecified atom stereocenters. The second-order valence-corrected chi connectivity index (χ2v) is 8.45. The van der Waals surface area contributed by atoms with E-state index in [-0.39, 0.29) is 12.5 Å². The number of nitrogens with zero attached hydrogens (tertiary/aromatic N) is 1. The molecular formula is C26H24ClN3O3. The molecule has 0 radical (unpaired) electrons. The summed E-state index contributed by atoms with van der Waals surface area (Å²) in [4.78, 5) is 40.5. The smallest absolute Gasteiger partial charge is 0.253 e. The first-order chi connectivity index (χ1) is 15.9. The average molecular weight is 462 g/mol. The van der Waals surface area contributed by atoms with E-state index >= 15 is 0 Å². The molecule has 1 aliphatic rings. The third-order valence-electron chi connectivity index (χ3n) is 5.83. The molecule has 0 fully saturated rings. The molecule has 2 N–H and O–H groups in total. The van der Waals surface area contributed by atoms with Crippen LogP contribution in [-0.2, 0) is 20.9 Å². The van der Waals surface area contributed by atoms with Crippen molar-refractivity contribution in [3.63, 3.8) is 0 Å². The number of hydrogen-bond acceptors (Lipinski definition) is 3. The molecule has 2 atom stereocenters. The van der Waals surface area contributed by atoms with E-state index in [1.165, 1.54) is 6.92 Å². The molecule has 0 aromatic heterocycles. The molecule has 33 heavy (non-hydrogen) atoms. The van der Waals surface area contributed by atoms with Gasteiger partial charge in [-0.1, -0.05) is 66.2 Å². The van der Waals surface area contributed by atoms with Crippen LogP contribution in [0.1, 0.15) is 24.1 Å². The van der Waals surface area contributed by atoms with Crippen LogP contribution in [0.2, 0.25) is 5.02 Å². The summed E-state index contributed by atoms with van der Waals surface area (Å²) in [5.74, 6) is -2.21. The van der Waals surface area contributed by atoms with E-state index in [1.54, 1.807) is 30.1 Å². The lowest BCUT2D eigenvalue weighted by atomic mass is 9.95. The van der Waals surface area contributed by atoms with Gasteiger partial charge in [-0.2, -0.15) is 0 Å². The fourth-order valence-corrected chi connectivity index (χ4v) is 4.16. The van der Waals surface area contributed by atoms with Gasteiger partial charge in [-0.3, -0.25) is 14.4 Å². The van der Waals surface area contributed by atoms with Crippen molar-refractivity contribution in [2.24, 2.45) is 5.92 Å². The van der Waals surface area contributed by atoms with Crippen molar-refractivity contribution in [2.75, 3.05) is 11.9 Å². The lowest BCUT2D eigenvalue weighted by Gasteiger charge is -2.24. The molecule has 7 heteroatoms. The SMILES string of the molecule is CC(C(=O)NCc1cccc(Cl)c1)C(=O)NC1C(=O)N(C)c2ccccc2-c2ccccc21. The molecule has 4 rings (SSSR count). The van der Waals surface area contributed by atoms with Gasteiger partial charge < -0.3 is 15.5 Å². The molecule has 1 heterocycles. The number of carbonyl (C=O) groups excluding carboxylic acids is 3. The Hall–Kier alpha value is -3.64. The summed E-state index contributed by atoms with van der Waals surface area (Å²) in [7, 11) is 1.69. The maximum absolute atomic E-state index is 13.3. The Balaban J connectivity index is 1.53. The zero-order chi connectivity index (χ0) is 23.5. The second-order valence-electron chi connectivity index (χ2n) is 8.01. The number of rotatable bonds is 5. The summed E-state index contributed by atoms with van der Waals surface area (Å²) in [5, 5.41) is 6.13. The van der Waals surface area contributed by atoms with Crippen molar-refractivity contribution in [1.82, 2.24) is 10.6 Å². The lowest BCUT2D eigenvalue weighted by Crippen LogP contribution is -2.45. The minimum absolute atomic E-state index is 0.250. The van der Waals surface area contributed by atoms with Gasteiger partial charge in [0.05, 0.1) is 5.69 Å². The molecule has 6 nitrogen and oxygen atoms in total. The summed E-state index contributed by atoms with van der Waals surface area (Å²) in [6.07, 6.45) is 0. The minimum Gasteiger partial charge on any atom is -0.351 e. The highest BCUT2D eigenvalue weighted by atomic mass is 35.5. The van der Waals surface area contributed by atoms with Crippen LogP contribution in [0.25, 0.3) is 11.1 Å². The first kappa shape index (κ1) is 22.6. The van der Waals surface area contributed by atoms with Crippen molar-refractivity contribution in [3.05, 3.63) is 88.9 Å². The zero-order valence-electron chi connectivity index (χ0n) is 18.3. The minimum atomic E-state index is -0.986. The zero-order valence-corrected chi connectivity index (χ0v) is 19.1. The van der Waals surface area contributed by atoms with E-state index in [9.17, 15) is 14.4 Å². The van der Waals surface area contributed by atoms with E-state index in [4.69, 9.17) is 11.6 Å². The molecule has 0 saturated heterocycles. The third kappa shape index (κ3) is 4.61.